The van der Waals surface area contributed by atoms with Crippen LogP contribution in [0.15, 0.2) is 12.2 Å². The number of allylic oxidation sites excluding steroid dienone is 2. The minimum Gasteiger partial charge on any atom is -0.590 e. The van der Waals surface area contributed by atoms with Gasteiger partial charge in [-0.15, -0.1) is 0 Å². The van der Waals surface area contributed by atoms with E-state index in [9.17, 15) is 9.46 Å². The van der Waals surface area contributed by atoms with E-state index in [0.717, 1.165) is 25.7 Å². The van der Waals surface area contributed by atoms with E-state index in [2.05, 4.69) is 26.0 Å². The van der Waals surface area contributed by atoms with Crippen LogP contribution in [-0.4, -0.2) is 30.9 Å². The van der Waals surface area contributed by atoms with E-state index >= 15 is 0 Å². The van der Waals surface area contributed by atoms with Crippen LogP contribution < -0.4 is 4.89 Å². The summed E-state index contributed by atoms with van der Waals surface area (Å²) in [7, 11) is 3.69. The third-order valence-corrected chi connectivity index (χ3v) is 9.30. The number of hydrogen-bond acceptors (Lipinski definition) is 2. The van der Waals surface area contributed by atoms with Crippen LogP contribution >= 0.6 is 8.03 Å². The lowest BCUT2D eigenvalue weighted by molar-refractivity contribution is -0.910. The largest absolute Gasteiger partial charge is 0.590 e. The number of hydrogen-bond donors (Lipinski definition) is 0. The zero-order valence-corrected chi connectivity index (χ0v) is 24.8. The van der Waals surface area contributed by atoms with Crippen LogP contribution in [0.1, 0.15) is 155 Å². The molecule has 34 heavy (non-hydrogen) atoms. The third-order valence-electron chi connectivity index (χ3n) is 7.58. The normalized spacial score (nSPS) is 14.6. The second-order valence-electron chi connectivity index (χ2n) is 11.5. The predicted molar refractivity (Wildman–Crippen MR) is 150 cm³/mol. The molecule has 0 aliphatic carbocycles. The van der Waals surface area contributed by atoms with Gasteiger partial charge in [-0.1, -0.05) is 127 Å². The van der Waals surface area contributed by atoms with Gasteiger partial charge >= 0.3 is 8.03 Å². The SMILES string of the molecule is CCCC/C=C\CCCCCCCCCCCCCCCCCC(CCC)([P+](=O)[O-])[N+](C)(C)C. The van der Waals surface area contributed by atoms with Gasteiger partial charge in [0.25, 0.3) is 5.28 Å². The van der Waals surface area contributed by atoms with E-state index in [1.165, 1.54) is 116 Å². The molecule has 0 saturated heterocycles. The molecular formula is C30H61NO2P+. The molecule has 3 nitrogen and oxygen atoms in total. The summed E-state index contributed by atoms with van der Waals surface area (Å²) >= 11 is 0. The highest BCUT2D eigenvalue weighted by atomic mass is 31.1. The molecule has 4 heteroatoms. The second-order valence-corrected chi connectivity index (χ2v) is 12.8. The van der Waals surface area contributed by atoms with Crippen LogP contribution in [0.2, 0.25) is 0 Å². The van der Waals surface area contributed by atoms with E-state index in [-0.39, 0.29) is 0 Å². The molecule has 2 atom stereocenters. The highest BCUT2D eigenvalue weighted by Gasteiger charge is 2.53. The standard InChI is InChI=1S/C30H61NO2P/c1-6-8-9-10-11-12-13-14-15-16-17-18-19-20-21-22-23-24-25-26-27-29-30(28-7-2,34(32)33)31(3,4)5/h10-11H,6-9,12-29H2,1-5H3/q+1/b11-10-. The Labute approximate surface area is 215 Å². The van der Waals surface area contributed by atoms with Crippen molar-refractivity contribution in [2.45, 2.75) is 160 Å². The van der Waals surface area contributed by atoms with E-state index in [4.69, 9.17) is 0 Å². The molecule has 0 aromatic rings. The summed E-state index contributed by atoms with van der Waals surface area (Å²) in [6.07, 6.45) is 32.6. The maximum absolute atomic E-state index is 12.1. The van der Waals surface area contributed by atoms with Crippen molar-refractivity contribution in [2.24, 2.45) is 0 Å². The molecule has 0 amide bonds. The second kappa shape index (κ2) is 22.0. The van der Waals surface area contributed by atoms with Gasteiger partial charge in [0, 0.05) is 12.8 Å². The van der Waals surface area contributed by atoms with Crippen LogP contribution in [0.3, 0.4) is 0 Å². The van der Waals surface area contributed by atoms with Crippen LogP contribution in [0.25, 0.3) is 0 Å². The predicted octanol–water partition coefficient (Wildman–Crippen LogP) is 9.67. The number of quaternary nitrogens is 1. The van der Waals surface area contributed by atoms with Gasteiger partial charge in [0.05, 0.1) is 21.1 Å². The Hall–Kier alpha value is -0.240. The summed E-state index contributed by atoms with van der Waals surface area (Å²) in [4.78, 5) is 12.1. The van der Waals surface area contributed by atoms with Crippen molar-refractivity contribution >= 4 is 8.03 Å². The first-order chi connectivity index (χ1) is 16.3. The van der Waals surface area contributed by atoms with Gasteiger partial charge in [0.15, 0.2) is 0 Å². The van der Waals surface area contributed by atoms with Crippen molar-refractivity contribution in [3.05, 3.63) is 12.2 Å². The van der Waals surface area contributed by atoms with Crippen molar-refractivity contribution in [2.75, 3.05) is 21.1 Å². The van der Waals surface area contributed by atoms with Gasteiger partial charge in [0.1, 0.15) is 0 Å². The van der Waals surface area contributed by atoms with Crippen molar-refractivity contribution in [3.63, 3.8) is 0 Å². The Morgan fingerprint density at radius 2 is 0.971 bits per heavy atom. The topological polar surface area (TPSA) is 40.1 Å². The number of rotatable bonds is 25. The number of unbranched alkanes of at least 4 members (excludes halogenated alkanes) is 17. The lowest BCUT2D eigenvalue weighted by Crippen LogP contribution is -2.55. The minimum atomic E-state index is -2.42. The Morgan fingerprint density at radius 1 is 0.588 bits per heavy atom. The average molecular weight is 499 g/mol. The molecule has 0 aliphatic rings. The van der Waals surface area contributed by atoms with Crippen LogP contribution in [0.5, 0.6) is 0 Å². The molecule has 0 heterocycles. The Balaban J connectivity index is 3.53. The van der Waals surface area contributed by atoms with E-state index in [1.54, 1.807) is 0 Å². The Bertz CT molecular complexity index is 501. The van der Waals surface area contributed by atoms with E-state index in [0.29, 0.717) is 4.48 Å². The molecule has 0 radical (unpaired) electrons. The monoisotopic (exact) mass is 498 g/mol. The highest BCUT2D eigenvalue weighted by molar-refractivity contribution is 7.38. The quantitative estimate of drug-likeness (QED) is 0.0544. The molecule has 0 N–H and O–H groups in total. The molecule has 0 saturated carbocycles. The van der Waals surface area contributed by atoms with Crippen molar-refractivity contribution in [1.82, 2.24) is 0 Å². The molecule has 0 aromatic carbocycles. The van der Waals surface area contributed by atoms with E-state index in [1.807, 2.05) is 21.1 Å². The molecule has 2 unspecified atom stereocenters. The first-order valence-electron chi connectivity index (χ1n) is 14.9. The van der Waals surface area contributed by atoms with Crippen molar-refractivity contribution in [1.29, 1.82) is 0 Å². The van der Waals surface area contributed by atoms with Crippen LogP contribution in [0, 0.1) is 0 Å². The first kappa shape index (κ1) is 33.8. The molecule has 0 spiro atoms. The molecule has 202 valence electrons. The van der Waals surface area contributed by atoms with Crippen molar-refractivity contribution < 1.29 is 13.9 Å². The van der Waals surface area contributed by atoms with Crippen molar-refractivity contribution in [3.8, 4) is 0 Å². The zero-order chi connectivity index (χ0) is 25.5. The highest BCUT2D eigenvalue weighted by Crippen LogP contribution is 2.45. The molecule has 0 fully saturated rings. The maximum Gasteiger partial charge on any atom is 0.376 e. The van der Waals surface area contributed by atoms with Crippen LogP contribution in [0.4, 0.5) is 0 Å². The lowest BCUT2D eigenvalue weighted by Gasteiger charge is -2.39. The summed E-state index contributed by atoms with van der Waals surface area (Å²) in [6, 6.07) is 0. The van der Waals surface area contributed by atoms with Gasteiger partial charge in [-0.05, 0) is 32.1 Å². The van der Waals surface area contributed by atoms with Gasteiger partial charge in [-0.3, -0.25) is 4.48 Å². The summed E-state index contributed by atoms with van der Waals surface area (Å²) in [5.41, 5.74) is 0. The third kappa shape index (κ3) is 16.4. The minimum absolute atomic E-state index is 0.524. The smallest absolute Gasteiger partial charge is 0.376 e. The van der Waals surface area contributed by atoms with Gasteiger partial charge in [-0.25, -0.2) is 0 Å². The maximum atomic E-state index is 12.1. The average Bonchev–Trinajstić information content (AvgIpc) is 2.78. The summed E-state index contributed by atoms with van der Waals surface area (Å²) < 4.78 is 12.6. The fraction of sp³-hybridized carbons (Fsp3) is 0.933. The summed E-state index contributed by atoms with van der Waals surface area (Å²) in [5.74, 6) is 0. The van der Waals surface area contributed by atoms with Gasteiger partial charge in [-0.2, -0.15) is 0 Å². The van der Waals surface area contributed by atoms with Crippen LogP contribution in [-0.2, 0) is 4.57 Å². The molecule has 0 aromatic heterocycles. The fourth-order valence-electron chi connectivity index (χ4n) is 5.15. The number of nitrogens with zero attached hydrogens (tertiary/aromatic N) is 1. The molecule has 0 aliphatic heterocycles. The van der Waals surface area contributed by atoms with Gasteiger partial charge < -0.3 is 4.89 Å². The fourth-order valence-corrected chi connectivity index (χ4v) is 6.39. The van der Waals surface area contributed by atoms with E-state index < -0.39 is 13.3 Å². The summed E-state index contributed by atoms with van der Waals surface area (Å²) in [5, 5.41) is -0.588. The molecular weight excluding hydrogens is 437 g/mol. The lowest BCUT2D eigenvalue weighted by atomic mass is 9.99. The Kier molecular flexibility index (Phi) is 21.8. The first-order valence-corrected chi connectivity index (χ1v) is 16.1. The Morgan fingerprint density at radius 3 is 1.32 bits per heavy atom. The van der Waals surface area contributed by atoms with Gasteiger partial charge in [0.2, 0.25) is 0 Å². The molecule has 0 rings (SSSR count). The molecule has 0 bridgehead atoms. The zero-order valence-electron chi connectivity index (χ0n) is 23.9. The summed E-state index contributed by atoms with van der Waals surface area (Å²) in [6.45, 7) is 4.35.